The fourth-order valence-electron chi connectivity index (χ4n) is 2.80. The Morgan fingerprint density at radius 2 is 1.67 bits per heavy atom. The summed E-state index contributed by atoms with van der Waals surface area (Å²) in [7, 11) is 0. The zero-order valence-electron chi connectivity index (χ0n) is 14.0. The van der Waals surface area contributed by atoms with Crippen molar-refractivity contribution in [3.63, 3.8) is 0 Å². The van der Waals surface area contributed by atoms with Crippen molar-refractivity contribution in [2.75, 3.05) is 5.32 Å². The predicted molar refractivity (Wildman–Crippen MR) is 94.7 cm³/mol. The summed E-state index contributed by atoms with van der Waals surface area (Å²) >= 11 is 0. The Labute approximate surface area is 142 Å². The number of anilines is 1. The molecule has 1 aliphatic rings. The molecule has 1 aliphatic carbocycles. The average molecular weight is 322 g/mol. The van der Waals surface area contributed by atoms with Gasteiger partial charge in [0.25, 0.3) is 5.91 Å². The monoisotopic (exact) mass is 322 g/mol. The first-order valence-corrected chi connectivity index (χ1v) is 8.32. The van der Waals surface area contributed by atoms with Crippen molar-refractivity contribution >= 4 is 17.5 Å². The van der Waals surface area contributed by atoms with Crippen molar-refractivity contribution in [2.24, 2.45) is 11.8 Å². The number of rotatable bonds is 5. The lowest BCUT2D eigenvalue weighted by molar-refractivity contribution is -0.117. The van der Waals surface area contributed by atoms with Crippen LogP contribution in [0.1, 0.15) is 42.2 Å². The van der Waals surface area contributed by atoms with Crippen LogP contribution in [0, 0.1) is 11.8 Å². The Kier molecular flexibility index (Phi) is 4.65. The highest BCUT2D eigenvalue weighted by molar-refractivity contribution is 6.04. The molecule has 1 saturated carbocycles. The summed E-state index contributed by atoms with van der Waals surface area (Å²) < 4.78 is 0. The topological polar surface area (TPSA) is 58.2 Å². The zero-order chi connectivity index (χ0) is 17.1. The molecule has 0 spiro atoms. The first-order valence-electron chi connectivity index (χ1n) is 8.32. The second-order valence-corrected chi connectivity index (χ2v) is 6.46. The van der Waals surface area contributed by atoms with Gasteiger partial charge in [0.2, 0.25) is 5.91 Å². The van der Waals surface area contributed by atoms with Crippen LogP contribution in [0.15, 0.2) is 54.6 Å². The quantitative estimate of drug-likeness (QED) is 0.880. The van der Waals surface area contributed by atoms with E-state index < -0.39 is 0 Å². The van der Waals surface area contributed by atoms with E-state index >= 15 is 0 Å². The summed E-state index contributed by atoms with van der Waals surface area (Å²) in [6, 6.07) is 16.8. The highest BCUT2D eigenvalue weighted by Crippen LogP contribution is 2.38. The summed E-state index contributed by atoms with van der Waals surface area (Å²) in [5.41, 5.74) is 2.10. The lowest BCUT2D eigenvalue weighted by atomic mass is 10.1. The molecular weight excluding hydrogens is 300 g/mol. The van der Waals surface area contributed by atoms with Gasteiger partial charge in [-0.1, -0.05) is 49.4 Å². The molecule has 1 fully saturated rings. The molecular formula is C20H22N2O2. The van der Waals surface area contributed by atoms with Crippen LogP contribution in [0.3, 0.4) is 0 Å². The van der Waals surface area contributed by atoms with Crippen LogP contribution in [-0.2, 0) is 4.79 Å². The van der Waals surface area contributed by atoms with Gasteiger partial charge in [0.15, 0.2) is 0 Å². The van der Waals surface area contributed by atoms with Crippen LogP contribution in [-0.4, -0.2) is 11.8 Å². The maximum absolute atomic E-state index is 12.6. The number of hydrogen-bond acceptors (Lipinski definition) is 2. The number of benzene rings is 2. The third-order valence-corrected chi connectivity index (χ3v) is 4.52. The highest BCUT2D eigenvalue weighted by Gasteiger charge is 2.39. The Morgan fingerprint density at radius 3 is 2.33 bits per heavy atom. The SMILES string of the molecule is C[C@H](NC(=O)c1ccccc1NC(=O)[C@@H]1C[C@@H]1C)c1ccccc1. The van der Waals surface area contributed by atoms with Crippen LogP contribution in [0.25, 0.3) is 0 Å². The molecule has 0 saturated heterocycles. The fourth-order valence-corrected chi connectivity index (χ4v) is 2.80. The van der Waals surface area contributed by atoms with E-state index in [1.54, 1.807) is 18.2 Å². The Bertz CT molecular complexity index is 742. The minimum atomic E-state index is -0.189. The molecule has 4 heteroatoms. The van der Waals surface area contributed by atoms with E-state index in [4.69, 9.17) is 0 Å². The molecule has 0 unspecified atom stereocenters. The predicted octanol–water partition coefficient (Wildman–Crippen LogP) is 3.77. The van der Waals surface area contributed by atoms with Gasteiger partial charge in [-0.3, -0.25) is 9.59 Å². The van der Waals surface area contributed by atoms with Gasteiger partial charge in [0.05, 0.1) is 17.3 Å². The number of para-hydroxylation sites is 1. The van der Waals surface area contributed by atoms with Crippen molar-refractivity contribution in [3.05, 3.63) is 65.7 Å². The van der Waals surface area contributed by atoms with E-state index in [9.17, 15) is 9.59 Å². The molecule has 2 aromatic rings. The number of nitrogens with one attached hydrogen (secondary N) is 2. The molecule has 0 bridgehead atoms. The van der Waals surface area contributed by atoms with E-state index in [1.165, 1.54) is 0 Å². The zero-order valence-corrected chi connectivity index (χ0v) is 14.0. The van der Waals surface area contributed by atoms with Gasteiger partial charge in [-0.05, 0) is 37.0 Å². The normalized spacial score (nSPS) is 20.1. The van der Waals surface area contributed by atoms with Gasteiger partial charge in [-0.15, -0.1) is 0 Å². The summed E-state index contributed by atoms with van der Waals surface area (Å²) in [5, 5.41) is 5.89. The highest BCUT2D eigenvalue weighted by atomic mass is 16.2. The number of carbonyl (C=O) groups excluding carboxylic acids is 2. The third kappa shape index (κ3) is 3.65. The summed E-state index contributed by atoms with van der Waals surface area (Å²) in [6.45, 7) is 4.00. The molecule has 0 radical (unpaired) electrons. The number of carbonyl (C=O) groups is 2. The van der Waals surface area contributed by atoms with Crippen LogP contribution in [0.5, 0.6) is 0 Å². The molecule has 4 nitrogen and oxygen atoms in total. The maximum Gasteiger partial charge on any atom is 0.253 e. The van der Waals surface area contributed by atoms with E-state index in [-0.39, 0.29) is 23.8 Å². The van der Waals surface area contributed by atoms with E-state index in [2.05, 4.69) is 17.6 Å². The van der Waals surface area contributed by atoms with Crippen LogP contribution >= 0.6 is 0 Å². The van der Waals surface area contributed by atoms with Crippen molar-refractivity contribution < 1.29 is 9.59 Å². The van der Waals surface area contributed by atoms with Crippen molar-refractivity contribution in [1.29, 1.82) is 0 Å². The van der Waals surface area contributed by atoms with Crippen molar-refractivity contribution in [1.82, 2.24) is 5.32 Å². The van der Waals surface area contributed by atoms with Gasteiger partial charge in [0.1, 0.15) is 0 Å². The van der Waals surface area contributed by atoms with E-state index in [0.29, 0.717) is 17.2 Å². The maximum atomic E-state index is 12.6. The van der Waals surface area contributed by atoms with E-state index in [1.807, 2.05) is 43.3 Å². The number of hydrogen-bond donors (Lipinski definition) is 2. The molecule has 24 heavy (non-hydrogen) atoms. The lowest BCUT2D eigenvalue weighted by Gasteiger charge is -2.16. The van der Waals surface area contributed by atoms with Gasteiger partial charge < -0.3 is 10.6 Å². The minimum absolute atomic E-state index is 0.00106. The first-order chi connectivity index (χ1) is 11.6. The lowest BCUT2D eigenvalue weighted by Crippen LogP contribution is -2.28. The average Bonchev–Trinajstić information content (AvgIpc) is 3.33. The molecule has 0 aliphatic heterocycles. The molecule has 3 rings (SSSR count). The molecule has 2 aromatic carbocycles. The molecule has 124 valence electrons. The molecule has 0 heterocycles. The second-order valence-electron chi connectivity index (χ2n) is 6.46. The Balaban J connectivity index is 1.71. The smallest absolute Gasteiger partial charge is 0.253 e. The fraction of sp³-hybridized carbons (Fsp3) is 0.300. The van der Waals surface area contributed by atoms with E-state index in [0.717, 1.165) is 12.0 Å². The molecule has 0 aromatic heterocycles. The van der Waals surface area contributed by atoms with Crippen LogP contribution in [0.4, 0.5) is 5.69 Å². The molecule has 3 atom stereocenters. The summed E-state index contributed by atoms with van der Waals surface area (Å²) in [5.74, 6) is 0.318. The summed E-state index contributed by atoms with van der Waals surface area (Å²) in [4.78, 5) is 24.8. The van der Waals surface area contributed by atoms with Gasteiger partial charge in [-0.2, -0.15) is 0 Å². The van der Waals surface area contributed by atoms with Crippen molar-refractivity contribution in [2.45, 2.75) is 26.3 Å². The van der Waals surface area contributed by atoms with Gasteiger partial charge in [0, 0.05) is 5.92 Å². The minimum Gasteiger partial charge on any atom is -0.345 e. The number of amides is 2. The second kappa shape index (κ2) is 6.87. The van der Waals surface area contributed by atoms with Crippen LogP contribution < -0.4 is 10.6 Å². The Hall–Kier alpha value is -2.62. The molecule has 2 amide bonds. The van der Waals surface area contributed by atoms with Crippen LogP contribution in [0.2, 0.25) is 0 Å². The van der Waals surface area contributed by atoms with Crippen molar-refractivity contribution in [3.8, 4) is 0 Å². The Morgan fingerprint density at radius 1 is 1.04 bits per heavy atom. The molecule has 2 N–H and O–H groups in total. The third-order valence-electron chi connectivity index (χ3n) is 4.52. The summed E-state index contributed by atoms with van der Waals surface area (Å²) in [6.07, 6.45) is 0.922. The van der Waals surface area contributed by atoms with Gasteiger partial charge in [-0.25, -0.2) is 0 Å². The first kappa shape index (κ1) is 16.2. The largest absolute Gasteiger partial charge is 0.345 e. The standard InChI is InChI=1S/C20H22N2O2/c1-13-12-17(13)20(24)22-18-11-7-6-10-16(18)19(23)21-14(2)15-8-4-3-5-9-15/h3-11,13-14,17H,12H2,1-2H3,(H,21,23)(H,22,24)/t13-,14-,17+/m0/s1. The van der Waals surface area contributed by atoms with Gasteiger partial charge >= 0.3 is 0 Å².